The van der Waals surface area contributed by atoms with E-state index in [9.17, 15) is 0 Å². The lowest BCUT2D eigenvalue weighted by Crippen LogP contribution is -3.00. The molecule has 0 unspecified atom stereocenters. The molecule has 0 amide bonds. The summed E-state index contributed by atoms with van der Waals surface area (Å²) in [6.07, 6.45) is 3.06. The molecule has 0 aromatic carbocycles. The average Bonchev–Trinajstić information content (AvgIpc) is 1.94. The molecule has 0 fully saturated rings. The Labute approximate surface area is 91.1 Å². The lowest BCUT2D eigenvalue weighted by molar-refractivity contribution is -0.655. The fourth-order valence-electron chi connectivity index (χ4n) is 0.976. The van der Waals surface area contributed by atoms with Crippen LogP contribution in [-0.4, -0.2) is 36.3 Å². The van der Waals surface area contributed by atoms with Crippen LogP contribution in [0.3, 0.4) is 0 Å². The molecular weight excluding hydrogens is 254 g/mol. The maximum Gasteiger partial charge on any atom is 0.492 e. The van der Waals surface area contributed by atoms with E-state index in [1.54, 1.807) is 0 Å². The van der Waals surface area contributed by atoms with Crippen molar-refractivity contribution in [3.05, 3.63) is 0 Å². The van der Waals surface area contributed by atoms with Crippen molar-refractivity contribution in [3.63, 3.8) is 0 Å². The number of nitrogens with two attached hydrogens (primary N) is 1. The van der Waals surface area contributed by atoms with Crippen molar-refractivity contribution in [2.24, 2.45) is 0 Å². The van der Waals surface area contributed by atoms with Crippen LogP contribution in [0.4, 0.5) is 0 Å². The minimum Gasteiger partial charge on any atom is -1.00 e. The zero-order valence-electron chi connectivity index (χ0n) is 8.04. The molecule has 0 aliphatic rings. The van der Waals surface area contributed by atoms with Crippen LogP contribution in [0.25, 0.3) is 0 Å². The van der Waals surface area contributed by atoms with Crippen LogP contribution in [0, 0.1) is 0 Å². The molecule has 6 heteroatoms. The highest BCUT2D eigenvalue weighted by Gasteiger charge is 2.25. The van der Waals surface area contributed by atoms with Gasteiger partial charge in [-0.15, -0.1) is 0 Å². The van der Waals surface area contributed by atoms with Gasteiger partial charge in [-0.3, -0.25) is 0 Å². The van der Waals surface area contributed by atoms with Crippen LogP contribution in [0.1, 0.15) is 26.2 Å². The van der Waals surface area contributed by atoms with Gasteiger partial charge in [-0.05, 0) is 6.42 Å². The molecule has 0 radical (unpaired) electrons. The highest BCUT2D eigenvalue weighted by Crippen LogP contribution is 1.97. The number of quaternary nitrogens is 1. The topological polar surface area (TPSA) is 77.3 Å². The average molecular weight is 274 g/mol. The van der Waals surface area contributed by atoms with Crippen molar-refractivity contribution < 1.29 is 36.7 Å². The first-order valence-corrected chi connectivity index (χ1v) is 6.60. The van der Waals surface area contributed by atoms with E-state index in [4.69, 9.17) is 14.4 Å². The molecule has 0 atom stereocenters. The number of unbranched alkanes of at least 4 members (excludes halogenated alkanes) is 1. The first-order valence-electron chi connectivity index (χ1n) is 4.55. The fourth-order valence-corrected chi connectivity index (χ4v) is 1.65. The predicted molar refractivity (Wildman–Crippen MR) is 48.4 cm³/mol. The molecular formula is C7H20BrNO3Si. The molecule has 0 aliphatic heterocycles. The van der Waals surface area contributed by atoms with Gasteiger partial charge in [0.05, 0.1) is 13.1 Å². The summed E-state index contributed by atoms with van der Waals surface area (Å²) in [4.78, 5) is 26.0. The second kappa shape index (κ2) is 9.11. The summed E-state index contributed by atoms with van der Waals surface area (Å²) in [6, 6.07) is 0.162. The zero-order chi connectivity index (χ0) is 9.45. The van der Waals surface area contributed by atoms with Crippen LogP contribution in [0.2, 0.25) is 6.04 Å². The maximum atomic E-state index is 8.66. The van der Waals surface area contributed by atoms with Crippen molar-refractivity contribution in [2.45, 2.75) is 32.2 Å². The Hall–Kier alpha value is 0.537. The van der Waals surface area contributed by atoms with Crippen molar-refractivity contribution in [1.82, 2.24) is 0 Å². The maximum absolute atomic E-state index is 8.66. The standard InChI is InChI=1S/C7H19NO3Si.BrH/c1-2-3-5-8-6-4-7-12(9,10)11;/h8-11H,2-7H2,1H3;1H. The van der Waals surface area contributed by atoms with Gasteiger partial charge >= 0.3 is 8.80 Å². The number of hydrogen-bond donors (Lipinski definition) is 4. The quantitative estimate of drug-likeness (QED) is 0.280. The van der Waals surface area contributed by atoms with Crippen LogP contribution >= 0.6 is 0 Å². The van der Waals surface area contributed by atoms with Crippen molar-refractivity contribution in [3.8, 4) is 0 Å². The van der Waals surface area contributed by atoms with Gasteiger partial charge in [-0.1, -0.05) is 13.3 Å². The van der Waals surface area contributed by atoms with Crippen LogP contribution in [0.15, 0.2) is 0 Å². The SMILES string of the molecule is CCCC[NH2+]CCC[Si](O)(O)O.[Br-]. The van der Waals surface area contributed by atoms with Crippen molar-refractivity contribution in [2.75, 3.05) is 13.1 Å². The number of halogens is 1. The Balaban J connectivity index is 0. The molecule has 0 saturated carbocycles. The molecule has 0 bridgehead atoms. The molecule has 4 nitrogen and oxygen atoms in total. The summed E-state index contributed by atoms with van der Waals surface area (Å²) in [5, 5.41) is 2.14. The van der Waals surface area contributed by atoms with Gasteiger partial charge in [-0.25, -0.2) is 0 Å². The summed E-state index contributed by atoms with van der Waals surface area (Å²) in [7, 11) is -3.75. The van der Waals surface area contributed by atoms with E-state index < -0.39 is 8.80 Å². The third-order valence-corrected chi connectivity index (χ3v) is 2.71. The summed E-state index contributed by atoms with van der Waals surface area (Å²) < 4.78 is 0. The van der Waals surface area contributed by atoms with E-state index in [1.807, 2.05) is 0 Å². The number of hydrogen-bond acceptors (Lipinski definition) is 3. The molecule has 0 aromatic rings. The normalized spacial score (nSPS) is 11.1. The van der Waals surface area contributed by atoms with Gasteiger partial charge in [-0.2, -0.15) is 0 Å². The third kappa shape index (κ3) is 15.3. The molecule has 5 N–H and O–H groups in total. The summed E-state index contributed by atoms with van der Waals surface area (Å²) >= 11 is 0. The highest BCUT2D eigenvalue weighted by atomic mass is 79.9. The molecule has 0 aromatic heterocycles. The second-order valence-electron chi connectivity index (χ2n) is 3.10. The highest BCUT2D eigenvalue weighted by molar-refractivity contribution is 6.56. The lowest BCUT2D eigenvalue weighted by atomic mass is 10.3. The third-order valence-electron chi connectivity index (χ3n) is 1.68. The molecule has 0 rings (SSSR count). The Morgan fingerprint density at radius 1 is 1.08 bits per heavy atom. The summed E-state index contributed by atoms with van der Waals surface area (Å²) in [5.74, 6) is 0. The van der Waals surface area contributed by atoms with E-state index in [-0.39, 0.29) is 23.0 Å². The van der Waals surface area contributed by atoms with Crippen LogP contribution in [0.5, 0.6) is 0 Å². The Kier molecular flexibility index (Phi) is 11.2. The van der Waals surface area contributed by atoms with Gasteiger partial charge in [0.15, 0.2) is 0 Å². The first kappa shape index (κ1) is 16.0. The van der Waals surface area contributed by atoms with E-state index in [1.165, 1.54) is 12.8 Å². The largest absolute Gasteiger partial charge is 1.00 e. The molecule has 0 spiro atoms. The van der Waals surface area contributed by atoms with E-state index in [2.05, 4.69) is 12.2 Å². The summed E-state index contributed by atoms with van der Waals surface area (Å²) in [5.41, 5.74) is 0. The van der Waals surface area contributed by atoms with Gasteiger partial charge in [0.25, 0.3) is 0 Å². The van der Waals surface area contributed by atoms with Gasteiger partial charge in [0.1, 0.15) is 0 Å². The zero-order valence-corrected chi connectivity index (χ0v) is 10.6. The Morgan fingerprint density at radius 2 is 1.62 bits per heavy atom. The minimum atomic E-state index is -3.75. The van der Waals surface area contributed by atoms with E-state index in [0.717, 1.165) is 13.1 Å². The minimum absolute atomic E-state index is 0. The second-order valence-corrected chi connectivity index (χ2v) is 5.15. The molecule has 0 saturated heterocycles. The molecule has 13 heavy (non-hydrogen) atoms. The Bertz CT molecular complexity index is 110. The first-order chi connectivity index (χ1) is 5.56. The smallest absolute Gasteiger partial charge is 0.492 e. The van der Waals surface area contributed by atoms with E-state index >= 15 is 0 Å². The fraction of sp³-hybridized carbons (Fsp3) is 1.00. The predicted octanol–water partition coefficient (Wildman–Crippen LogP) is -4.34. The van der Waals surface area contributed by atoms with Crippen molar-refractivity contribution >= 4 is 8.80 Å². The van der Waals surface area contributed by atoms with Crippen LogP contribution < -0.4 is 22.3 Å². The molecule has 0 aliphatic carbocycles. The van der Waals surface area contributed by atoms with Crippen molar-refractivity contribution in [1.29, 1.82) is 0 Å². The van der Waals surface area contributed by atoms with Gasteiger partial charge < -0.3 is 36.7 Å². The number of rotatable bonds is 7. The summed E-state index contributed by atoms with van der Waals surface area (Å²) in [6.45, 7) is 4.10. The van der Waals surface area contributed by atoms with Crippen LogP contribution in [-0.2, 0) is 0 Å². The van der Waals surface area contributed by atoms with Gasteiger partial charge in [0.2, 0.25) is 0 Å². The lowest BCUT2D eigenvalue weighted by Gasteiger charge is -2.07. The van der Waals surface area contributed by atoms with E-state index in [0.29, 0.717) is 6.42 Å². The molecule has 0 heterocycles. The monoisotopic (exact) mass is 273 g/mol. The Morgan fingerprint density at radius 3 is 2.08 bits per heavy atom. The van der Waals surface area contributed by atoms with Gasteiger partial charge in [0, 0.05) is 12.5 Å². The molecule has 82 valence electrons.